The molecular formula is C16H17ClN2O2. The number of benzene rings is 2. The number of para-hydroxylation sites is 1. The molecule has 5 heteroatoms. The van der Waals surface area contributed by atoms with Crippen molar-refractivity contribution in [2.24, 2.45) is 0 Å². The van der Waals surface area contributed by atoms with Crippen LogP contribution in [-0.4, -0.2) is 26.6 Å². The number of carbonyl (C=O) groups is 1. The maximum atomic E-state index is 11.8. The summed E-state index contributed by atoms with van der Waals surface area (Å²) in [6, 6.07) is 14.6. The summed E-state index contributed by atoms with van der Waals surface area (Å²) in [6.07, 6.45) is 0. The Hall–Kier alpha value is -2.20. The third kappa shape index (κ3) is 4.39. The van der Waals surface area contributed by atoms with E-state index in [0.717, 1.165) is 11.4 Å². The van der Waals surface area contributed by atoms with E-state index in [1.165, 1.54) is 0 Å². The van der Waals surface area contributed by atoms with E-state index in [1.807, 2.05) is 49.3 Å². The second-order valence-electron chi connectivity index (χ2n) is 4.71. The van der Waals surface area contributed by atoms with Crippen molar-refractivity contribution in [2.75, 3.05) is 30.9 Å². The van der Waals surface area contributed by atoms with E-state index in [1.54, 1.807) is 18.2 Å². The van der Waals surface area contributed by atoms with Crippen LogP contribution in [0.25, 0.3) is 0 Å². The van der Waals surface area contributed by atoms with Crippen molar-refractivity contribution in [3.05, 3.63) is 53.6 Å². The number of nitrogens with one attached hydrogen (secondary N) is 1. The third-order valence-electron chi connectivity index (χ3n) is 2.86. The molecule has 0 atom stereocenters. The molecule has 0 saturated carbocycles. The van der Waals surface area contributed by atoms with Crippen LogP contribution in [0, 0.1) is 0 Å². The summed E-state index contributed by atoms with van der Waals surface area (Å²) in [5.41, 5.74) is 1.80. The molecule has 21 heavy (non-hydrogen) atoms. The quantitative estimate of drug-likeness (QED) is 0.920. The molecule has 0 fully saturated rings. The highest BCUT2D eigenvalue weighted by atomic mass is 35.5. The Balaban J connectivity index is 1.88. The molecule has 0 aliphatic heterocycles. The van der Waals surface area contributed by atoms with Crippen LogP contribution in [0.4, 0.5) is 11.4 Å². The first kappa shape index (κ1) is 15.2. The molecular weight excluding hydrogens is 288 g/mol. The predicted molar refractivity (Wildman–Crippen MR) is 86.3 cm³/mol. The molecule has 0 saturated heterocycles. The molecule has 2 rings (SSSR count). The minimum Gasteiger partial charge on any atom is -0.482 e. The molecule has 0 radical (unpaired) electrons. The van der Waals surface area contributed by atoms with Crippen molar-refractivity contribution in [1.29, 1.82) is 0 Å². The lowest BCUT2D eigenvalue weighted by Crippen LogP contribution is -2.20. The predicted octanol–water partition coefficient (Wildman–Crippen LogP) is 3.42. The average Bonchev–Trinajstić information content (AvgIpc) is 2.47. The summed E-state index contributed by atoms with van der Waals surface area (Å²) in [4.78, 5) is 13.8. The number of anilines is 2. The summed E-state index contributed by atoms with van der Waals surface area (Å²) in [7, 11) is 3.93. The van der Waals surface area contributed by atoms with E-state index in [9.17, 15) is 4.79 Å². The Bertz CT molecular complexity index is 612. The second-order valence-corrected chi connectivity index (χ2v) is 5.12. The van der Waals surface area contributed by atoms with Gasteiger partial charge in [0.2, 0.25) is 0 Å². The Kier molecular flexibility index (Phi) is 5.06. The first-order valence-corrected chi connectivity index (χ1v) is 6.88. The zero-order valence-corrected chi connectivity index (χ0v) is 12.7. The zero-order valence-electron chi connectivity index (χ0n) is 12.0. The molecule has 0 spiro atoms. The van der Waals surface area contributed by atoms with Gasteiger partial charge in [-0.25, -0.2) is 0 Å². The molecule has 0 aliphatic carbocycles. The summed E-state index contributed by atoms with van der Waals surface area (Å²) in [6.45, 7) is -0.0842. The number of amides is 1. The lowest BCUT2D eigenvalue weighted by molar-refractivity contribution is -0.118. The van der Waals surface area contributed by atoms with Crippen LogP contribution in [0.3, 0.4) is 0 Å². The molecule has 0 aromatic heterocycles. The normalized spacial score (nSPS) is 10.0. The molecule has 4 nitrogen and oxygen atoms in total. The van der Waals surface area contributed by atoms with Crippen molar-refractivity contribution in [3.8, 4) is 5.75 Å². The number of rotatable bonds is 5. The van der Waals surface area contributed by atoms with Gasteiger partial charge >= 0.3 is 0 Å². The highest BCUT2D eigenvalue weighted by molar-refractivity contribution is 6.32. The number of carbonyl (C=O) groups excluding carboxylic acids is 1. The first-order chi connectivity index (χ1) is 10.1. The number of nitrogens with zero attached hydrogens (tertiary/aromatic N) is 1. The zero-order chi connectivity index (χ0) is 15.2. The van der Waals surface area contributed by atoms with Gasteiger partial charge in [-0.15, -0.1) is 0 Å². The van der Waals surface area contributed by atoms with Gasteiger partial charge in [0.1, 0.15) is 5.75 Å². The van der Waals surface area contributed by atoms with Crippen molar-refractivity contribution >= 4 is 28.9 Å². The van der Waals surface area contributed by atoms with E-state index < -0.39 is 0 Å². The summed E-state index contributed by atoms with van der Waals surface area (Å²) in [5.74, 6) is 0.268. The number of hydrogen-bond acceptors (Lipinski definition) is 3. The molecule has 2 aromatic carbocycles. The van der Waals surface area contributed by atoms with Crippen LogP contribution in [0.1, 0.15) is 0 Å². The summed E-state index contributed by atoms with van der Waals surface area (Å²) < 4.78 is 5.38. The molecule has 1 N–H and O–H groups in total. The van der Waals surface area contributed by atoms with Crippen molar-refractivity contribution in [2.45, 2.75) is 0 Å². The molecule has 0 unspecified atom stereocenters. The second kappa shape index (κ2) is 6.99. The fraction of sp³-hybridized carbons (Fsp3) is 0.188. The average molecular weight is 305 g/mol. The lowest BCUT2D eigenvalue weighted by atomic mass is 10.2. The SMILES string of the molecule is CN(C)c1ccc(NC(=O)COc2ccccc2Cl)cc1. The van der Waals surface area contributed by atoms with E-state index in [2.05, 4.69) is 5.32 Å². The topological polar surface area (TPSA) is 41.6 Å². The fourth-order valence-electron chi connectivity index (χ4n) is 1.75. The summed E-state index contributed by atoms with van der Waals surface area (Å²) in [5, 5.41) is 3.26. The van der Waals surface area contributed by atoms with Crippen molar-refractivity contribution in [3.63, 3.8) is 0 Å². The maximum Gasteiger partial charge on any atom is 0.262 e. The molecule has 1 amide bonds. The first-order valence-electron chi connectivity index (χ1n) is 6.51. The monoisotopic (exact) mass is 304 g/mol. The number of hydrogen-bond donors (Lipinski definition) is 1. The highest BCUT2D eigenvalue weighted by Crippen LogP contribution is 2.23. The van der Waals surface area contributed by atoms with Crippen molar-refractivity contribution < 1.29 is 9.53 Å². The van der Waals surface area contributed by atoms with Gasteiger partial charge in [0.25, 0.3) is 5.91 Å². The van der Waals surface area contributed by atoms with Crippen LogP contribution in [0.5, 0.6) is 5.75 Å². The van der Waals surface area contributed by atoms with Gasteiger partial charge in [-0.1, -0.05) is 23.7 Å². The minimum atomic E-state index is -0.229. The van der Waals surface area contributed by atoms with Gasteiger partial charge in [-0.05, 0) is 36.4 Å². The minimum absolute atomic E-state index is 0.0842. The Morgan fingerprint density at radius 2 is 1.81 bits per heavy atom. The summed E-state index contributed by atoms with van der Waals surface area (Å²) >= 11 is 5.95. The van der Waals surface area contributed by atoms with Gasteiger partial charge in [0.15, 0.2) is 6.61 Å². The van der Waals surface area contributed by atoms with Crippen molar-refractivity contribution in [1.82, 2.24) is 0 Å². The van der Waals surface area contributed by atoms with Crippen LogP contribution >= 0.6 is 11.6 Å². The highest BCUT2D eigenvalue weighted by Gasteiger charge is 2.06. The maximum absolute atomic E-state index is 11.8. The molecule has 0 heterocycles. The van der Waals surface area contributed by atoms with Gasteiger partial charge in [-0.3, -0.25) is 4.79 Å². The van der Waals surface area contributed by atoms with Gasteiger partial charge < -0.3 is 15.0 Å². The molecule has 0 aliphatic rings. The Morgan fingerprint density at radius 3 is 2.43 bits per heavy atom. The van der Waals surface area contributed by atoms with E-state index in [-0.39, 0.29) is 12.5 Å². The van der Waals surface area contributed by atoms with Crippen LogP contribution in [0.15, 0.2) is 48.5 Å². The van der Waals surface area contributed by atoms with Gasteiger partial charge in [0.05, 0.1) is 5.02 Å². The smallest absolute Gasteiger partial charge is 0.262 e. The molecule has 0 bridgehead atoms. The Labute approximate surface area is 129 Å². The third-order valence-corrected chi connectivity index (χ3v) is 3.18. The standard InChI is InChI=1S/C16H17ClN2O2/c1-19(2)13-9-7-12(8-10-13)18-16(20)11-21-15-6-4-3-5-14(15)17/h3-10H,11H2,1-2H3,(H,18,20). The molecule has 2 aromatic rings. The van der Waals surface area contributed by atoms with Crippen LogP contribution in [0.2, 0.25) is 5.02 Å². The van der Waals surface area contributed by atoms with Gasteiger partial charge in [-0.2, -0.15) is 0 Å². The lowest BCUT2D eigenvalue weighted by Gasteiger charge is -2.13. The van der Waals surface area contributed by atoms with Crippen LogP contribution in [-0.2, 0) is 4.79 Å². The number of ether oxygens (including phenoxy) is 1. The van der Waals surface area contributed by atoms with E-state index >= 15 is 0 Å². The van der Waals surface area contributed by atoms with Crippen LogP contribution < -0.4 is 15.0 Å². The molecule has 110 valence electrons. The largest absolute Gasteiger partial charge is 0.482 e. The van der Waals surface area contributed by atoms with E-state index in [0.29, 0.717) is 10.8 Å². The Morgan fingerprint density at radius 1 is 1.14 bits per heavy atom. The fourth-order valence-corrected chi connectivity index (χ4v) is 1.94. The van der Waals surface area contributed by atoms with E-state index in [4.69, 9.17) is 16.3 Å². The van der Waals surface area contributed by atoms with Gasteiger partial charge in [0, 0.05) is 25.5 Å². The number of halogens is 1.